The van der Waals surface area contributed by atoms with Crippen LogP contribution >= 0.6 is 0 Å². The SMILES string of the molecule is [Pt+2].[S-]c1ccccc1-c1[c-]c(-c2cccc(N(c3ccccc3)c3ccccn3)n2)cc(-c2ccccc2)n1. The average Bonchev–Trinajstić information content (AvgIpc) is 2.99. The first-order chi connectivity index (χ1) is 18.8. The van der Waals surface area contributed by atoms with Crippen molar-refractivity contribution in [2.24, 2.45) is 0 Å². The summed E-state index contributed by atoms with van der Waals surface area (Å²) in [6.07, 6.45) is 1.79. The molecule has 0 amide bonds. The van der Waals surface area contributed by atoms with Crippen LogP contribution in [0.5, 0.6) is 0 Å². The summed E-state index contributed by atoms with van der Waals surface area (Å²) in [5, 5.41) is 0. The van der Waals surface area contributed by atoms with Gasteiger partial charge in [0.2, 0.25) is 0 Å². The summed E-state index contributed by atoms with van der Waals surface area (Å²) in [7, 11) is 0. The van der Waals surface area contributed by atoms with E-state index in [9.17, 15) is 0 Å². The molecule has 6 aromatic rings. The third-order valence-electron chi connectivity index (χ3n) is 6.11. The van der Waals surface area contributed by atoms with Gasteiger partial charge < -0.3 is 12.6 Å². The van der Waals surface area contributed by atoms with Gasteiger partial charge in [-0.2, -0.15) is 0 Å². The largest absolute Gasteiger partial charge is 2.00 e. The smallest absolute Gasteiger partial charge is 0.789 e. The summed E-state index contributed by atoms with van der Waals surface area (Å²) in [5.74, 6) is 1.54. The van der Waals surface area contributed by atoms with E-state index in [1.165, 1.54) is 0 Å². The average molecular weight is 702 g/mol. The van der Waals surface area contributed by atoms with E-state index in [4.69, 9.17) is 22.6 Å². The quantitative estimate of drug-likeness (QED) is 0.130. The normalized spacial score (nSPS) is 10.5. The molecule has 0 saturated heterocycles. The molecule has 6 rings (SSSR count). The number of hydrogen-bond acceptors (Lipinski definition) is 5. The van der Waals surface area contributed by atoms with Crippen molar-refractivity contribution in [1.29, 1.82) is 0 Å². The zero-order valence-electron chi connectivity index (χ0n) is 20.7. The molecular weight excluding hydrogens is 680 g/mol. The van der Waals surface area contributed by atoms with Crippen molar-refractivity contribution in [2.45, 2.75) is 4.90 Å². The van der Waals surface area contributed by atoms with Crippen LogP contribution in [0.4, 0.5) is 17.3 Å². The summed E-state index contributed by atoms with van der Waals surface area (Å²) in [6, 6.07) is 45.4. The first-order valence-corrected chi connectivity index (χ1v) is 12.7. The molecule has 3 aromatic carbocycles. The minimum atomic E-state index is 0. The molecule has 190 valence electrons. The fourth-order valence-electron chi connectivity index (χ4n) is 4.31. The zero-order chi connectivity index (χ0) is 25.7. The Morgan fingerprint density at radius 2 is 1.31 bits per heavy atom. The first-order valence-electron chi connectivity index (χ1n) is 12.3. The molecule has 0 aliphatic heterocycles. The number of pyridine rings is 3. The minimum Gasteiger partial charge on any atom is -0.789 e. The van der Waals surface area contributed by atoms with Crippen molar-refractivity contribution in [3.05, 3.63) is 140 Å². The molecule has 0 spiro atoms. The van der Waals surface area contributed by atoms with Crippen LogP contribution in [0.15, 0.2) is 138 Å². The maximum Gasteiger partial charge on any atom is 2.00 e. The Balaban J connectivity index is 0.00000308. The van der Waals surface area contributed by atoms with Gasteiger partial charge in [0.15, 0.2) is 0 Å². The number of hydrogen-bond donors (Lipinski definition) is 0. The third-order valence-corrected chi connectivity index (χ3v) is 6.47. The van der Waals surface area contributed by atoms with E-state index in [1.807, 2.05) is 120 Å². The van der Waals surface area contributed by atoms with Crippen LogP contribution in [-0.2, 0) is 33.7 Å². The van der Waals surface area contributed by atoms with Crippen LogP contribution < -0.4 is 4.90 Å². The Kier molecular flexibility index (Phi) is 8.21. The number of para-hydroxylation sites is 1. The molecule has 0 N–H and O–H groups in total. The van der Waals surface area contributed by atoms with Gasteiger partial charge in [-0.3, -0.25) is 14.9 Å². The Hall–Kier alpha value is -4.18. The summed E-state index contributed by atoms with van der Waals surface area (Å²) in [5.41, 5.74) is 6.01. The molecule has 0 aliphatic rings. The van der Waals surface area contributed by atoms with Gasteiger partial charge in [-0.15, -0.1) is 17.7 Å². The maximum absolute atomic E-state index is 5.63. The van der Waals surface area contributed by atoms with Crippen molar-refractivity contribution in [3.63, 3.8) is 0 Å². The number of rotatable bonds is 6. The molecule has 3 heterocycles. The van der Waals surface area contributed by atoms with E-state index in [2.05, 4.69) is 23.2 Å². The Morgan fingerprint density at radius 1 is 0.615 bits per heavy atom. The van der Waals surface area contributed by atoms with Crippen LogP contribution in [-0.4, -0.2) is 15.0 Å². The van der Waals surface area contributed by atoms with Gasteiger partial charge in [0.05, 0.1) is 0 Å². The summed E-state index contributed by atoms with van der Waals surface area (Å²) < 4.78 is 0. The number of anilines is 3. The topological polar surface area (TPSA) is 41.9 Å². The van der Waals surface area contributed by atoms with Crippen LogP contribution in [0.1, 0.15) is 0 Å². The van der Waals surface area contributed by atoms with Gasteiger partial charge in [0, 0.05) is 17.6 Å². The molecule has 6 heteroatoms. The minimum absolute atomic E-state index is 0. The Bertz CT molecular complexity index is 1640. The maximum atomic E-state index is 5.63. The van der Waals surface area contributed by atoms with Crippen LogP contribution in [0.25, 0.3) is 33.8 Å². The molecule has 0 radical (unpaired) electrons. The Labute approximate surface area is 248 Å². The van der Waals surface area contributed by atoms with Crippen LogP contribution in [0.3, 0.4) is 0 Å². The van der Waals surface area contributed by atoms with Crippen LogP contribution in [0, 0.1) is 6.07 Å². The molecule has 0 atom stereocenters. The zero-order valence-corrected chi connectivity index (χ0v) is 23.8. The molecule has 0 fully saturated rings. The third kappa shape index (κ3) is 5.80. The van der Waals surface area contributed by atoms with Gasteiger partial charge in [0.25, 0.3) is 0 Å². The second kappa shape index (κ2) is 12.1. The molecule has 0 aliphatic carbocycles. The fraction of sp³-hybridized carbons (Fsp3) is 0. The molecule has 0 saturated carbocycles. The molecule has 3 aromatic heterocycles. The van der Waals surface area contributed by atoms with Crippen molar-refractivity contribution in [2.75, 3.05) is 4.90 Å². The van der Waals surface area contributed by atoms with Crippen molar-refractivity contribution < 1.29 is 21.1 Å². The van der Waals surface area contributed by atoms with E-state index in [1.54, 1.807) is 6.20 Å². The molecule has 4 nitrogen and oxygen atoms in total. The molecule has 0 bridgehead atoms. The van der Waals surface area contributed by atoms with Gasteiger partial charge in [-0.1, -0.05) is 96.6 Å². The number of benzene rings is 3. The number of nitrogens with zero attached hydrogens (tertiary/aromatic N) is 4. The van der Waals surface area contributed by atoms with Gasteiger partial charge in [-0.05, 0) is 47.3 Å². The fourth-order valence-corrected chi connectivity index (χ4v) is 4.55. The van der Waals surface area contributed by atoms with E-state index in [0.717, 1.165) is 50.3 Å². The van der Waals surface area contributed by atoms with E-state index in [-0.39, 0.29) is 21.1 Å². The first kappa shape index (κ1) is 26.4. The van der Waals surface area contributed by atoms with Gasteiger partial charge >= 0.3 is 21.1 Å². The summed E-state index contributed by atoms with van der Waals surface area (Å²) in [4.78, 5) is 17.4. The molecule has 0 unspecified atom stereocenters. The predicted molar refractivity (Wildman–Crippen MR) is 155 cm³/mol. The predicted octanol–water partition coefficient (Wildman–Crippen LogP) is 8.05. The second-order valence-electron chi connectivity index (χ2n) is 8.63. The second-order valence-corrected chi connectivity index (χ2v) is 9.07. The van der Waals surface area contributed by atoms with Gasteiger partial charge in [0.1, 0.15) is 11.6 Å². The van der Waals surface area contributed by atoms with Crippen molar-refractivity contribution in [3.8, 4) is 33.8 Å². The summed E-state index contributed by atoms with van der Waals surface area (Å²) >= 11 is 5.63. The molecular formula is C33H22N4PtS. The van der Waals surface area contributed by atoms with Gasteiger partial charge in [-0.25, -0.2) is 9.88 Å². The van der Waals surface area contributed by atoms with E-state index in [0.29, 0.717) is 5.69 Å². The number of aromatic nitrogens is 3. The Morgan fingerprint density at radius 3 is 2.05 bits per heavy atom. The monoisotopic (exact) mass is 701 g/mol. The van der Waals surface area contributed by atoms with E-state index < -0.39 is 0 Å². The van der Waals surface area contributed by atoms with Crippen LogP contribution in [0.2, 0.25) is 0 Å². The molecule has 39 heavy (non-hydrogen) atoms. The van der Waals surface area contributed by atoms with Crippen molar-refractivity contribution >= 4 is 30.0 Å². The standard InChI is InChI=1S/C33H23N4S.Pt/c38-31-18-8-7-16-27(31)30-23-25(22-29(35-30)24-12-3-1-4-13-24)28-17-11-20-33(36-28)37(26-14-5-2-6-15-26)32-19-9-10-21-34-32;/h1-22,38H;/q-1;+2/p-1. The van der Waals surface area contributed by atoms with E-state index >= 15 is 0 Å². The van der Waals surface area contributed by atoms with Crippen molar-refractivity contribution in [1.82, 2.24) is 15.0 Å². The summed E-state index contributed by atoms with van der Waals surface area (Å²) in [6.45, 7) is 0.